The minimum absolute atomic E-state index is 0.00170. The molecule has 4 aliphatic rings. The zero-order valence-electron chi connectivity index (χ0n) is 13.0. The summed E-state index contributed by atoms with van der Waals surface area (Å²) in [5.41, 5.74) is 0.916. The van der Waals surface area contributed by atoms with Crippen molar-refractivity contribution in [1.82, 2.24) is 4.90 Å². The number of piperidine rings is 1. The number of benzene rings is 1. The Morgan fingerprint density at radius 2 is 2.26 bits per heavy atom. The lowest BCUT2D eigenvalue weighted by Gasteiger charge is -2.62. The van der Waals surface area contributed by atoms with Crippen LogP contribution in [0, 0.1) is 11.3 Å². The number of likely N-dealkylation sites (tertiary alicyclic amines) is 1. The zero-order chi connectivity index (χ0) is 16.0. The van der Waals surface area contributed by atoms with Gasteiger partial charge in [0.1, 0.15) is 11.8 Å². The molecule has 2 aliphatic heterocycles. The Morgan fingerprint density at radius 3 is 3.04 bits per heavy atom. The Morgan fingerprint density at radius 1 is 1.43 bits per heavy atom. The van der Waals surface area contributed by atoms with Crippen LogP contribution < -0.4 is 4.74 Å². The molecule has 2 bridgehead atoms. The van der Waals surface area contributed by atoms with E-state index in [1.165, 1.54) is 0 Å². The molecular formula is C18H18N2O3. The van der Waals surface area contributed by atoms with E-state index in [-0.39, 0.29) is 11.8 Å². The fourth-order valence-electron chi connectivity index (χ4n) is 5.64. The van der Waals surface area contributed by atoms with Crippen molar-refractivity contribution in [3.8, 4) is 11.8 Å². The van der Waals surface area contributed by atoms with Crippen molar-refractivity contribution in [2.24, 2.45) is 0 Å². The summed E-state index contributed by atoms with van der Waals surface area (Å²) in [5, 5.41) is 21.1. The number of nitrogens with zero attached hydrogens (tertiary/aromatic N) is 2. The maximum absolute atomic E-state index is 12.6. The van der Waals surface area contributed by atoms with Gasteiger partial charge in [-0.05, 0) is 44.5 Å². The summed E-state index contributed by atoms with van der Waals surface area (Å²) >= 11 is 0. The summed E-state index contributed by atoms with van der Waals surface area (Å²) < 4.78 is 6.06. The Hall–Kier alpha value is -1.90. The van der Waals surface area contributed by atoms with Crippen LogP contribution in [0.1, 0.15) is 36.0 Å². The molecule has 4 atom stereocenters. The van der Waals surface area contributed by atoms with Crippen LogP contribution in [0.4, 0.5) is 0 Å². The van der Waals surface area contributed by atoms with E-state index in [2.05, 4.69) is 11.0 Å². The molecule has 1 saturated heterocycles. The summed E-state index contributed by atoms with van der Waals surface area (Å²) in [7, 11) is 2.05. The first-order valence-corrected chi connectivity index (χ1v) is 8.21. The lowest BCUT2D eigenvalue weighted by Crippen LogP contribution is -2.76. The fraction of sp³-hybridized carbons (Fsp3) is 0.556. The minimum atomic E-state index is -0.953. The third-order valence-corrected chi connectivity index (χ3v) is 6.67. The summed E-state index contributed by atoms with van der Waals surface area (Å²) in [4.78, 5) is 14.8. The molecule has 2 unspecified atom stereocenters. The van der Waals surface area contributed by atoms with Gasteiger partial charge in [0.15, 0.2) is 11.9 Å². The van der Waals surface area contributed by atoms with E-state index in [4.69, 9.17) is 4.74 Å². The first-order chi connectivity index (χ1) is 11.0. The SMILES string of the molecule is CN1CC[C@]23c4c5ccc(C#N)c4OC2C(=O)CCC3(O)[C@H]1C5. The predicted molar refractivity (Wildman–Crippen MR) is 81.2 cm³/mol. The van der Waals surface area contributed by atoms with Crippen molar-refractivity contribution in [2.75, 3.05) is 13.6 Å². The van der Waals surface area contributed by atoms with Gasteiger partial charge in [-0.15, -0.1) is 0 Å². The van der Waals surface area contributed by atoms with Crippen LogP contribution in [0.3, 0.4) is 0 Å². The van der Waals surface area contributed by atoms with Crippen molar-refractivity contribution < 1.29 is 14.6 Å². The Bertz CT molecular complexity index is 798. The average Bonchev–Trinajstić information content (AvgIpc) is 2.90. The molecule has 0 amide bonds. The minimum Gasteiger partial charge on any atom is -0.480 e. The summed E-state index contributed by atoms with van der Waals surface area (Å²) in [6.45, 7) is 0.829. The number of hydrogen-bond donors (Lipinski definition) is 1. The van der Waals surface area contributed by atoms with Gasteiger partial charge >= 0.3 is 0 Å². The van der Waals surface area contributed by atoms with Crippen molar-refractivity contribution in [3.05, 3.63) is 28.8 Å². The summed E-state index contributed by atoms with van der Waals surface area (Å²) in [6, 6.07) is 5.95. The monoisotopic (exact) mass is 310 g/mol. The molecule has 1 aromatic rings. The molecule has 118 valence electrons. The Labute approximate surface area is 134 Å². The van der Waals surface area contributed by atoms with Crippen molar-refractivity contribution in [3.63, 3.8) is 0 Å². The molecule has 2 heterocycles. The van der Waals surface area contributed by atoms with Crippen molar-refractivity contribution in [2.45, 2.75) is 48.8 Å². The first kappa shape index (κ1) is 13.5. The molecule has 1 spiro atoms. The van der Waals surface area contributed by atoms with Crippen LogP contribution in [0.2, 0.25) is 0 Å². The molecule has 5 rings (SSSR count). The highest BCUT2D eigenvalue weighted by Gasteiger charge is 2.72. The maximum Gasteiger partial charge on any atom is 0.174 e. The molecule has 1 N–H and O–H groups in total. The van der Waals surface area contributed by atoms with Crippen LogP contribution in [-0.4, -0.2) is 47.1 Å². The van der Waals surface area contributed by atoms with E-state index in [1.54, 1.807) is 6.07 Å². The quantitative estimate of drug-likeness (QED) is 0.771. The van der Waals surface area contributed by atoms with E-state index in [9.17, 15) is 15.2 Å². The van der Waals surface area contributed by atoms with Gasteiger partial charge in [0, 0.05) is 18.0 Å². The normalized spacial score (nSPS) is 40.3. The molecule has 1 aromatic carbocycles. The van der Waals surface area contributed by atoms with Crippen LogP contribution in [0.25, 0.3) is 0 Å². The second-order valence-electron chi connectivity index (χ2n) is 7.40. The molecule has 1 saturated carbocycles. The number of Topliss-reactive ketones (excluding diaryl/α,β-unsaturated/α-hetero) is 1. The number of carbonyl (C=O) groups is 1. The predicted octanol–water partition coefficient (Wildman–Crippen LogP) is 0.911. The number of likely N-dealkylation sites (N-methyl/N-ethyl adjacent to an activating group) is 1. The lowest BCUT2D eigenvalue weighted by atomic mass is 9.49. The second kappa shape index (κ2) is 3.95. The summed E-state index contributed by atoms with van der Waals surface area (Å²) in [6.07, 6.45) is 1.63. The number of rotatable bonds is 0. The average molecular weight is 310 g/mol. The van der Waals surface area contributed by atoms with Crippen molar-refractivity contribution >= 4 is 5.78 Å². The lowest BCUT2D eigenvalue weighted by molar-refractivity contribution is -0.185. The highest BCUT2D eigenvalue weighted by molar-refractivity contribution is 5.90. The number of aliphatic hydroxyl groups is 1. The largest absolute Gasteiger partial charge is 0.480 e. The highest BCUT2D eigenvalue weighted by atomic mass is 16.5. The first-order valence-electron chi connectivity index (χ1n) is 8.21. The molecular weight excluding hydrogens is 292 g/mol. The molecule has 0 radical (unpaired) electrons. The van der Waals surface area contributed by atoms with E-state index < -0.39 is 17.1 Å². The molecule has 0 aromatic heterocycles. The number of ketones is 1. The maximum atomic E-state index is 12.6. The van der Waals surface area contributed by atoms with Gasteiger partial charge in [0.2, 0.25) is 0 Å². The van der Waals surface area contributed by atoms with Crippen molar-refractivity contribution in [1.29, 1.82) is 5.26 Å². The third kappa shape index (κ3) is 1.27. The van der Waals surface area contributed by atoms with Gasteiger partial charge in [-0.2, -0.15) is 5.26 Å². The van der Waals surface area contributed by atoms with Gasteiger partial charge in [0.25, 0.3) is 0 Å². The van der Waals surface area contributed by atoms with Gasteiger partial charge in [-0.3, -0.25) is 4.79 Å². The number of ether oxygens (including phenoxy) is 1. The van der Waals surface area contributed by atoms with Crippen LogP contribution in [-0.2, 0) is 16.6 Å². The van der Waals surface area contributed by atoms with Gasteiger partial charge in [-0.1, -0.05) is 6.07 Å². The van der Waals surface area contributed by atoms with Crippen LogP contribution in [0.15, 0.2) is 12.1 Å². The standard InChI is InChI=1S/C18H18N2O3/c1-20-7-6-17-14-10-2-3-11(9-19)15(14)23-16(17)12(21)4-5-18(17,22)13(20)8-10/h2-3,13,16,22H,4-8H2,1H3/t13-,16?,17+,18?/m1/s1. The zero-order valence-corrected chi connectivity index (χ0v) is 13.0. The smallest absolute Gasteiger partial charge is 0.174 e. The van der Waals surface area contributed by atoms with E-state index in [1.807, 2.05) is 13.1 Å². The topological polar surface area (TPSA) is 73.6 Å². The van der Waals surface area contributed by atoms with E-state index >= 15 is 0 Å². The summed E-state index contributed by atoms with van der Waals surface area (Å²) in [5.74, 6) is 0.609. The number of carbonyl (C=O) groups excluding carboxylic acids is 1. The molecule has 2 fully saturated rings. The third-order valence-electron chi connectivity index (χ3n) is 6.67. The second-order valence-corrected chi connectivity index (χ2v) is 7.40. The highest BCUT2D eigenvalue weighted by Crippen LogP contribution is 2.63. The Balaban J connectivity index is 1.88. The van der Waals surface area contributed by atoms with E-state index in [0.717, 1.165) is 24.1 Å². The number of hydrogen-bond acceptors (Lipinski definition) is 5. The fourth-order valence-corrected chi connectivity index (χ4v) is 5.64. The molecule has 23 heavy (non-hydrogen) atoms. The van der Waals surface area contributed by atoms with E-state index in [0.29, 0.717) is 30.6 Å². The van der Waals surface area contributed by atoms with Gasteiger partial charge in [-0.25, -0.2) is 0 Å². The molecule has 5 nitrogen and oxygen atoms in total. The van der Waals surface area contributed by atoms with Gasteiger partial charge < -0.3 is 14.7 Å². The Kier molecular flexibility index (Phi) is 2.32. The van der Waals surface area contributed by atoms with Crippen LogP contribution in [0.5, 0.6) is 5.75 Å². The number of nitriles is 1. The molecule has 5 heteroatoms. The van der Waals surface area contributed by atoms with Gasteiger partial charge in [0.05, 0.1) is 16.6 Å². The van der Waals surface area contributed by atoms with Crippen LogP contribution >= 0.6 is 0 Å². The molecule has 2 aliphatic carbocycles.